The minimum Gasteiger partial charge on any atom is -0.492 e. The fourth-order valence-electron chi connectivity index (χ4n) is 5.04. The number of halogens is 3. The third kappa shape index (κ3) is 3.99. The Bertz CT molecular complexity index is 1780. The average molecular weight is 534 g/mol. The number of hydrogen-bond donors (Lipinski definition) is 2. The molecule has 0 saturated heterocycles. The van der Waals surface area contributed by atoms with Gasteiger partial charge in [0.2, 0.25) is 0 Å². The molecule has 1 unspecified atom stereocenters. The number of H-pyrrole nitrogens is 1. The van der Waals surface area contributed by atoms with E-state index in [-0.39, 0.29) is 35.6 Å². The Morgan fingerprint density at radius 1 is 1.18 bits per heavy atom. The van der Waals surface area contributed by atoms with Gasteiger partial charge in [-0.2, -0.15) is 0 Å². The highest BCUT2D eigenvalue weighted by Crippen LogP contribution is 2.45. The molecule has 3 aromatic carbocycles. The lowest BCUT2D eigenvalue weighted by molar-refractivity contribution is -0.136. The predicted octanol–water partition coefficient (Wildman–Crippen LogP) is 6.10. The molecule has 0 bridgehead atoms. The summed E-state index contributed by atoms with van der Waals surface area (Å²) < 4.78 is 57.8. The Kier molecular flexibility index (Phi) is 5.64. The van der Waals surface area contributed by atoms with E-state index in [1.807, 2.05) is 13.0 Å². The van der Waals surface area contributed by atoms with Crippen molar-refractivity contribution in [2.75, 3.05) is 6.61 Å². The van der Waals surface area contributed by atoms with E-state index in [2.05, 4.69) is 4.98 Å². The van der Waals surface area contributed by atoms with Gasteiger partial charge in [0.1, 0.15) is 29.7 Å². The van der Waals surface area contributed by atoms with Crippen molar-refractivity contribution in [1.82, 2.24) is 14.5 Å². The minimum atomic E-state index is -0.967. The van der Waals surface area contributed by atoms with E-state index in [0.29, 0.717) is 22.5 Å². The van der Waals surface area contributed by atoms with Gasteiger partial charge in [-0.25, -0.2) is 18.2 Å². The lowest BCUT2D eigenvalue weighted by Crippen LogP contribution is -2.25. The van der Waals surface area contributed by atoms with Crippen LogP contribution in [0.2, 0.25) is 0 Å². The van der Waals surface area contributed by atoms with Crippen LogP contribution in [0.3, 0.4) is 0 Å². The molecule has 0 radical (unpaired) electrons. The summed E-state index contributed by atoms with van der Waals surface area (Å²) in [6.07, 6.45) is 3.07. The van der Waals surface area contributed by atoms with E-state index in [0.717, 1.165) is 17.7 Å². The molecule has 1 aliphatic rings. The Labute approximate surface area is 220 Å². The van der Waals surface area contributed by atoms with Crippen LogP contribution in [0.15, 0.2) is 60.9 Å². The lowest BCUT2D eigenvalue weighted by Gasteiger charge is -2.20. The molecule has 0 aliphatic carbocycles. The number of imidazole rings is 1. The van der Waals surface area contributed by atoms with Gasteiger partial charge >= 0.3 is 5.97 Å². The van der Waals surface area contributed by atoms with Crippen LogP contribution in [0.25, 0.3) is 22.3 Å². The highest BCUT2D eigenvalue weighted by molar-refractivity contribution is 5.82. The highest BCUT2D eigenvalue weighted by atomic mass is 19.1. The number of nitrogens with one attached hydrogen (secondary N) is 1. The molecule has 10 heteroatoms. The molecule has 1 atom stereocenters. The number of ether oxygens (including phenoxy) is 2. The van der Waals surface area contributed by atoms with E-state index in [1.165, 1.54) is 24.4 Å². The van der Waals surface area contributed by atoms with Crippen molar-refractivity contribution in [1.29, 1.82) is 0 Å². The second-order valence-corrected chi connectivity index (χ2v) is 9.73. The van der Waals surface area contributed by atoms with Crippen LogP contribution < -0.4 is 9.47 Å². The SMILES string of the molecule is Cn1cc(C2(C)COc3c(CC(=O)O)cccc32)nc1-c1cc(Oc2c(F)cc3[nH]ccc3c2F)ccc1F. The number of aromatic nitrogens is 3. The molecule has 0 spiro atoms. The van der Waals surface area contributed by atoms with Crippen molar-refractivity contribution >= 4 is 16.9 Å². The minimum absolute atomic E-state index is 0.0303. The first-order valence-electron chi connectivity index (χ1n) is 12.1. The molecular weight excluding hydrogens is 511 g/mol. The second kappa shape index (κ2) is 8.93. The van der Waals surface area contributed by atoms with Gasteiger partial charge in [0.25, 0.3) is 0 Å². The van der Waals surface area contributed by atoms with Gasteiger partial charge in [0.05, 0.1) is 28.6 Å². The number of fused-ring (bicyclic) bond motifs is 2. The molecule has 3 heterocycles. The zero-order valence-corrected chi connectivity index (χ0v) is 20.9. The summed E-state index contributed by atoms with van der Waals surface area (Å²) in [4.78, 5) is 18.8. The summed E-state index contributed by atoms with van der Waals surface area (Å²) in [5.74, 6) is -3.11. The third-order valence-electron chi connectivity index (χ3n) is 7.08. The first-order valence-corrected chi connectivity index (χ1v) is 12.1. The Morgan fingerprint density at radius 3 is 2.79 bits per heavy atom. The lowest BCUT2D eigenvalue weighted by atomic mass is 9.81. The standard InChI is InChI=1S/C29H22F3N3O4/c1-29(14-38-26-15(10-24(36)37)4-3-5-19(26)29)23-13-35(2)28(34-23)18-11-16(6-7-20(18)30)39-27-21(31)12-22-17(25(27)32)8-9-33-22/h3-9,11-13,33H,10,14H2,1-2H3,(H,36,37). The number of nitrogens with zero attached hydrogens (tertiary/aromatic N) is 2. The highest BCUT2D eigenvalue weighted by Gasteiger charge is 2.41. The molecule has 2 aromatic heterocycles. The summed E-state index contributed by atoms with van der Waals surface area (Å²) in [6.45, 7) is 2.15. The monoisotopic (exact) mass is 533 g/mol. The summed E-state index contributed by atoms with van der Waals surface area (Å²) in [5.41, 5.74) is 1.59. The van der Waals surface area contributed by atoms with Gasteiger partial charge in [-0.15, -0.1) is 0 Å². The molecule has 2 N–H and O–H groups in total. The van der Waals surface area contributed by atoms with Crippen molar-refractivity contribution in [2.45, 2.75) is 18.8 Å². The van der Waals surface area contributed by atoms with Gasteiger partial charge in [0, 0.05) is 42.0 Å². The van der Waals surface area contributed by atoms with Crippen molar-refractivity contribution < 1.29 is 32.5 Å². The fraction of sp³-hybridized carbons (Fsp3) is 0.172. The van der Waals surface area contributed by atoms with Crippen molar-refractivity contribution in [3.63, 3.8) is 0 Å². The molecule has 7 nitrogen and oxygen atoms in total. The first kappa shape index (κ1) is 24.6. The van der Waals surface area contributed by atoms with Crippen LogP contribution in [0.5, 0.6) is 17.2 Å². The summed E-state index contributed by atoms with van der Waals surface area (Å²) in [7, 11) is 1.71. The predicted molar refractivity (Wildman–Crippen MR) is 137 cm³/mol. The van der Waals surface area contributed by atoms with E-state index in [4.69, 9.17) is 14.5 Å². The molecule has 198 valence electrons. The number of carboxylic acid groups (broad SMARTS) is 1. The first-order chi connectivity index (χ1) is 18.7. The Balaban J connectivity index is 1.37. The maximum absolute atomic E-state index is 15.1. The number of carbonyl (C=O) groups is 1. The van der Waals surface area contributed by atoms with Gasteiger partial charge in [-0.1, -0.05) is 18.2 Å². The molecular formula is C29H22F3N3O4. The van der Waals surface area contributed by atoms with E-state index in [9.17, 15) is 18.7 Å². The number of para-hydroxylation sites is 1. The summed E-state index contributed by atoms with van der Waals surface area (Å²) in [6, 6.07) is 11.7. The number of carboxylic acids is 1. The van der Waals surface area contributed by atoms with Gasteiger partial charge in [0.15, 0.2) is 17.4 Å². The van der Waals surface area contributed by atoms with E-state index in [1.54, 1.807) is 29.9 Å². The number of benzene rings is 3. The average Bonchev–Trinajstić information content (AvgIpc) is 3.61. The molecule has 5 aromatic rings. The molecule has 39 heavy (non-hydrogen) atoms. The largest absolute Gasteiger partial charge is 0.492 e. The summed E-state index contributed by atoms with van der Waals surface area (Å²) in [5, 5.41) is 9.43. The van der Waals surface area contributed by atoms with Gasteiger partial charge in [-0.05, 0) is 31.2 Å². The Morgan fingerprint density at radius 2 is 2.00 bits per heavy atom. The van der Waals surface area contributed by atoms with Crippen LogP contribution in [0.1, 0.15) is 23.7 Å². The molecule has 1 aliphatic heterocycles. The van der Waals surface area contributed by atoms with Crippen LogP contribution in [-0.4, -0.2) is 32.2 Å². The molecule has 0 fully saturated rings. The van der Waals surface area contributed by atoms with Gasteiger partial charge in [-0.3, -0.25) is 4.79 Å². The van der Waals surface area contributed by atoms with Gasteiger partial charge < -0.3 is 24.1 Å². The van der Waals surface area contributed by atoms with Crippen LogP contribution >= 0.6 is 0 Å². The number of aliphatic carboxylic acids is 1. The third-order valence-corrected chi connectivity index (χ3v) is 7.08. The van der Waals surface area contributed by atoms with Crippen LogP contribution in [0.4, 0.5) is 13.2 Å². The van der Waals surface area contributed by atoms with E-state index >= 15 is 4.39 Å². The number of aryl methyl sites for hydroxylation is 1. The van der Waals surface area contributed by atoms with Crippen molar-refractivity contribution in [3.05, 3.63) is 95.2 Å². The van der Waals surface area contributed by atoms with Crippen LogP contribution in [0, 0.1) is 17.5 Å². The second-order valence-electron chi connectivity index (χ2n) is 9.73. The zero-order valence-electron chi connectivity index (χ0n) is 20.9. The Hall–Kier alpha value is -4.73. The summed E-state index contributed by atoms with van der Waals surface area (Å²) >= 11 is 0. The fourth-order valence-corrected chi connectivity index (χ4v) is 5.04. The quantitative estimate of drug-likeness (QED) is 0.275. The van der Waals surface area contributed by atoms with Crippen molar-refractivity contribution in [3.8, 4) is 28.6 Å². The number of hydrogen-bond acceptors (Lipinski definition) is 4. The molecule has 6 rings (SSSR count). The molecule has 0 saturated carbocycles. The molecule has 0 amide bonds. The van der Waals surface area contributed by atoms with Crippen LogP contribution in [-0.2, 0) is 23.7 Å². The number of rotatable bonds is 6. The normalized spacial score (nSPS) is 16.3. The van der Waals surface area contributed by atoms with E-state index < -0.39 is 34.6 Å². The number of aromatic amines is 1. The smallest absolute Gasteiger partial charge is 0.307 e. The maximum atomic E-state index is 15.1. The zero-order chi connectivity index (χ0) is 27.5. The van der Waals surface area contributed by atoms with Crippen molar-refractivity contribution in [2.24, 2.45) is 7.05 Å². The maximum Gasteiger partial charge on any atom is 0.307 e. The topological polar surface area (TPSA) is 89.4 Å².